The Morgan fingerprint density at radius 1 is 1.25 bits per heavy atom. The summed E-state index contributed by atoms with van der Waals surface area (Å²) in [6.45, 7) is 1.93. The van der Waals surface area contributed by atoms with Crippen molar-refractivity contribution in [3.63, 3.8) is 0 Å². The number of aromatic nitrogens is 1. The van der Waals surface area contributed by atoms with Gasteiger partial charge in [-0.3, -0.25) is 4.98 Å². The molecule has 0 aliphatic carbocycles. The van der Waals surface area contributed by atoms with E-state index in [1.54, 1.807) is 12.3 Å². The largest absolute Gasteiger partial charge is 0.395 e. The monoisotopic (exact) mass is 289 g/mol. The Morgan fingerprint density at radius 2 is 1.95 bits per heavy atom. The molecule has 0 fully saturated rings. The zero-order valence-electron chi connectivity index (χ0n) is 11.4. The van der Waals surface area contributed by atoms with Crippen LogP contribution in [0, 0.1) is 5.41 Å². The minimum absolute atomic E-state index is 0.315. The van der Waals surface area contributed by atoms with Crippen LogP contribution in [0.4, 0.5) is 18.0 Å². The number of carbonyl (C=O) groups excluding carboxylic acids is 1. The fourth-order valence-corrected chi connectivity index (χ4v) is 1.31. The van der Waals surface area contributed by atoms with Crippen molar-refractivity contribution in [1.29, 1.82) is 0 Å². The Balaban J connectivity index is 2.28. The highest BCUT2D eigenvalue weighted by Gasteiger charge is 2.47. The van der Waals surface area contributed by atoms with Crippen molar-refractivity contribution in [2.24, 2.45) is 5.41 Å². The minimum atomic E-state index is -4.35. The van der Waals surface area contributed by atoms with Crippen LogP contribution in [0.25, 0.3) is 0 Å². The molecule has 1 heterocycles. The summed E-state index contributed by atoms with van der Waals surface area (Å²) in [5.74, 6) is 0. The van der Waals surface area contributed by atoms with E-state index in [1.807, 2.05) is 12.1 Å². The van der Waals surface area contributed by atoms with Crippen LogP contribution in [0.1, 0.15) is 19.5 Å². The first kappa shape index (κ1) is 16.3. The molecule has 20 heavy (non-hydrogen) atoms. The summed E-state index contributed by atoms with van der Waals surface area (Å²) >= 11 is 0. The van der Waals surface area contributed by atoms with E-state index in [2.05, 4.69) is 15.6 Å². The quantitative estimate of drug-likeness (QED) is 0.875. The predicted molar refractivity (Wildman–Crippen MR) is 69.2 cm³/mol. The third kappa shape index (κ3) is 5.07. The van der Waals surface area contributed by atoms with Crippen molar-refractivity contribution >= 4 is 6.03 Å². The highest BCUT2D eigenvalue weighted by atomic mass is 19.4. The molecular weight excluding hydrogens is 271 g/mol. The van der Waals surface area contributed by atoms with Gasteiger partial charge in [-0.2, -0.15) is 13.2 Å². The van der Waals surface area contributed by atoms with Gasteiger partial charge in [-0.25, -0.2) is 4.79 Å². The number of amides is 2. The van der Waals surface area contributed by atoms with E-state index in [9.17, 15) is 18.0 Å². The van der Waals surface area contributed by atoms with Gasteiger partial charge in [0.05, 0.1) is 5.41 Å². The summed E-state index contributed by atoms with van der Waals surface area (Å²) in [6, 6.07) is 4.81. The van der Waals surface area contributed by atoms with Crippen LogP contribution in [-0.2, 0) is 6.42 Å². The van der Waals surface area contributed by atoms with Gasteiger partial charge in [0.15, 0.2) is 0 Å². The first-order chi connectivity index (χ1) is 9.22. The number of rotatable bonds is 5. The third-order valence-corrected chi connectivity index (χ3v) is 2.85. The molecule has 7 heteroatoms. The molecule has 2 amide bonds. The highest BCUT2D eigenvalue weighted by molar-refractivity contribution is 5.73. The molecule has 1 aromatic heterocycles. The SMILES string of the molecule is CC(C)(CNC(=O)NCCc1ccccn1)C(F)(F)F. The summed E-state index contributed by atoms with van der Waals surface area (Å²) in [5, 5.41) is 4.72. The number of nitrogens with zero attached hydrogens (tertiary/aromatic N) is 1. The third-order valence-electron chi connectivity index (χ3n) is 2.85. The lowest BCUT2D eigenvalue weighted by Crippen LogP contribution is -2.46. The standard InChI is InChI=1S/C13H18F3N3O/c1-12(2,13(14,15)16)9-19-11(20)18-8-6-10-5-3-4-7-17-10/h3-5,7H,6,8-9H2,1-2H3,(H2,18,19,20). The maximum absolute atomic E-state index is 12.6. The topological polar surface area (TPSA) is 54.0 Å². The number of alkyl halides is 3. The van der Waals surface area contributed by atoms with Crippen LogP contribution in [0.2, 0.25) is 0 Å². The molecule has 0 aliphatic rings. The van der Waals surface area contributed by atoms with Gasteiger partial charge in [0, 0.05) is 31.4 Å². The lowest BCUT2D eigenvalue weighted by molar-refractivity contribution is -0.208. The Labute approximate surface area is 115 Å². The van der Waals surface area contributed by atoms with Crippen molar-refractivity contribution in [2.45, 2.75) is 26.4 Å². The van der Waals surface area contributed by atoms with Crippen LogP contribution in [0.15, 0.2) is 24.4 Å². The van der Waals surface area contributed by atoms with Gasteiger partial charge >= 0.3 is 12.2 Å². The Morgan fingerprint density at radius 3 is 2.50 bits per heavy atom. The molecule has 1 aromatic rings. The van der Waals surface area contributed by atoms with Crippen molar-refractivity contribution < 1.29 is 18.0 Å². The number of nitrogens with one attached hydrogen (secondary N) is 2. The highest BCUT2D eigenvalue weighted by Crippen LogP contribution is 2.36. The van der Waals surface area contributed by atoms with Crippen LogP contribution in [-0.4, -0.2) is 30.3 Å². The molecule has 0 aliphatic heterocycles. The molecule has 2 N–H and O–H groups in total. The van der Waals surface area contributed by atoms with Gasteiger partial charge in [0.2, 0.25) is 0 Å². The average Bonchev–Trinajstić information content (AvgIpc) is 2.36. The summed E-state index contributed by atoms with van der Waals surface area (Å²) < 4.78 is 37.7. The van der Waals surface area contributed by atoms with Crippen molar-refractivity contribution in [3.05, 3.63) is 30.1 Å². The number of hydrogen-bond acceptors (Lipinski definition) is 2. The molecule has 1 rings (SSSR count). The normalized spacial score (nSPS) is 12.1. The maximum atomic E-state index is 12.6. The second kappa shape index (κ2) is 6.58. The number of hydrogen-bond donors (Lipinski definition) is 2. The molecule has 0 radical (unpaired) electrons. The second-order valence-electron chi connectivity index (χ2n) is 5.06. The fraction of sp³-hybridized carbons (Fsp3) is 0.538. The molecule has 0 saturated carbocycles. The number of urea groups is 1. The Bertz CT molecular complexity index is 432. The van der Waals surface area contributed by atoms with Crippen molar-refractivity contribution in [2.75, 3.05) is 13.1 Å². The molecule has 0 spiro atoms. The lowest BCUT2D eigenvalue weighted by Gasteiger charge is -2.27. The molecule has 0 atom stereocenters. The van der Waals surface area contributed by atoms with Gasteiger partial charge in [-0.15, -0.1) is 0 Å². The van der Waals surface area contributed by atoms with Gasteiger partial charge < -0.3 is 10.6 Å². The van der Waals surface area contributed by atoms with E-state index in [0.29, 0.717) is 13.0 Å². The second-order valence-corrected chi connectivity index (χ2v) is 5.06. The van der Waals surface area contributed by atoms with Gasteiger partial charge in [-0.1, -0.05) is 6.07 Å². The minimum Gasteiger partial charge on any atom is -0.338 e. The van der Waals surface area contributed by atoms with Gasteiger partial charge in [0.25, 0.3) is 0 Å². The maximum Gasteiger partial charge on any atom is 0.395 e. The first-order valence-electron chi connectivity index (χ1n) is 6.21. The Hall–Kier alpha value is -1.79. The van der Waals surface area contributed by atoms with E-state index in [-0.39, 0.29) is 0 Å². The predicted octanol–water partition coefficient (Wildman–Crippen LogP) is 2.51. The number of pyridine rings is 1. The average molecular weight is 289 g/mol. The smallest absolute Gasteiger partial charge is 0.338 e. The van der Waals surface area contributed by atoms with E-state index < -0.39 is 24.2 Å². The van der Waals surface area contributed by atoms with E-state index >= 15 is 0 Å². The Kier molecular flexibility index (Phi) is 5.35. The number of halogens is 3. The molecule has 112 valence electrons. The molecule has 0 bridgehead atoms. The summed E-state index contributed by atoms with van der Waals surface area (Å²) in [6.07, 6.45) is -2.19. The van der Waals surface area contributed by atoms with E-state index in [0.717, 1.165) is 19.5 Å². The molecule has 0 aromatic carbocycles. The van der Waals surface area contributed by atoms with Crippen molar-refractivity contribution in [3.8, 4) is 0 Å². The summed E-state index contributed by atoms with van der Waals surface area (Å²) in [4.78, 5) is 15.5. The van der Waals surface area contributed by atoms with E-state index in [1.165, 1.54) is 0 Å². The van der Waals surface area contributed by atoms with Crippen LogP contribution in [0.5, 0.6) is 0 Å². The molecule has 0 saturated heterocycles. The summed E-state index contributed by atoms with van der Waals surface area (Å²) in [7, 11) is 0. The first-order valence-corrected chi connectivity index (χ1v) is 6.21. The summed E-state index contributed by atoms with van der Waals surface area (Å²) in [5.41, 5.74) is -1.14. The zero-order chi connectivity index (χ0) is 15.2. The molecule has 0 unspecified atom stereocenters. The molecule has 4 nitrogen and oxygen atoms in total. The van der Waals surface area contributed by atoms with Gasteiger partial charge in [0.1, 0.15) is 0 Å². The molecular formula is C13H18F3N3O. The van der Waals surface area contributed by atoms with Crippen LogP contribution in [0.3, 0.4) is 0 Å². The zero-order valence-corrected chi connectivity index (χ0v) is 11.4. The lowest BCUT2D eigenvalue weighted by atomic mass is 9.93. The van der Waals surface area contributed by atoms with E-state index in [4.69, 9.17) is 0 Å². The van der Waals surface area contributed by atoms with Crippen LogP contribution >= 0.6 is 0 Å². The van der Waals surface area contributed by atoms with Crippen molar-refractivity contribution in [1.82, 2.24) is 15.6 Å². The number of carbonyl (C=O) groups is 1. The fourth-order valence-electron chi connectivity index (χ4n) is 1.31. The van der Waals surface area contributed by atoms with Gasteiger partial charge in [-0.05, 0) is 26.0 Å². The van der Waals surface area contributed by atoms with Crippen LogP contribution < -0.4 is 10.6 Å².